The highest BCUT2D eigenvalue weighted by molar-refractivity contribution is 5.77. The first-order chi connectivity index (χ1) is 10.1. The minimum atomic E-state index is -4.36. The van der Waals surface area contributed by atoms with Crippen molar-refractivity contribution < 1.29 is 17.9 Å². The van der Waals surface area contributed by atoms with Crippen LogP contribution in [0.3, 0.4) is 0 Å². The zero-order chi connectivity index (χ0) is 16.5. The van der Waals surface area contributed by atoms with E-state index in [1.165, 1.54) is 6.07 Å². The minimum absolute atomic E-state index is 0.260. The molecule has 0 amide bonds. The van der Waals surface area contributed by atoms with Gasteiger partial charge in [0.2, 0.25) is 0 Å². The summed E-state index contributed by atoms with van der Waals surface area (Å²) in [5, 5.41) is 0. The zero-order valence-corrected chi connectivity index (χ0v) is 13.3. The van der Waals surface area contributed by atoms with Gasteiger partial charge in [-0.25, -0.2) is 4.98 Å². The average molecular weight is 314 g/mol. The third-order valence-corrected chi connectivity index (χ3v) is 3.41. The van der Waals surface area contributed by atoms with Crippen molar-refractivity contribution in [3.05, 3.63) is 29.6 Å². The highest BCUT2D eigenvalue weighted by Crippen LogP contribution is 2.33. The molecule has 0 fully saturated rings. The summed E-state index contributed by atoms with van der Waals surface area (Å²) in [4.78, 5) is 4.44. The van der Waals surface area contributed by atoms with Crippen LogP contribution in [0.25, 0.3) is 11.0 Å². The average Bonchev–Trinajstić information content (AvgIpc) is 2.76. The largest absolute Gasteiger partial charge is 0.416 e. The van der Waals surface area contributed by atoms with Crippen LogP contribution in [0.4, 0.5) is 13.2 Å². The molecule has 0 atom stereocenters. The molecule has 0 aliphatic heterocycles. The first kappa shape index (κ1) is 16.8. The van der Waals surface area contributed by atoms with Crippen LogP contribution < -0.4 is 0 Å². The third-order valence-electron chi connectivity index (χ3n) is 3.41. The monoisotopic (exact) mass is 314 g/mol. The van der Waals surface area contributed by atoms with Crippen LogP contribution in [0.2, 0.25) is 0 Å². The lowest BCUT2D eigenvalue weighted by molar-refractivity contribution is -0.137. The molecule has 1 aromatic carbocycles. The molecule has 0 N–H and O–H groups in total. The molecular formula is C16H21F3N2O. The number of imidazole rings is 1. The summed E-state index contributed by atoms with van der Waals surface area (Å²) in [6.07, 6.45) is -4.36. The van der Waals surface area contributed by atoms with E-state index in [4.69, 9.17) is 4.74 Å². The number of hydrogen-bond acceptors (Lipinski definition) is 2. The highest BCUT2D eigenvalue weighted by atomic mass is 19.4. The van der Waals surface area contributed by atoms with E-state index in [0.29, 0.717) is 30.8 Å². The molecule has 1 heterocycles. The molecule has 1 aromatic heterocycles. The Bertz CT molecular complexity index is 654. The van der Waals surface area contributed by atoms with Gasteiger partial charge in [-0.1, -0.05) is 20.8 Å². The van der Waals surface area contributed by atoms with Gasteiger partial charge in [0.25, 0.3) is 0 Å². The van der Waals surface area contributed by atoms with Crippen molar-refractivity contribution in [2.45, 2.75) is 45.8 Å². The van der Waals surface area contributed by atoms with E-state index >= 15 is 0 Å². The van der Waals surface area contributed by atoms with Gasteiger partial charge < -0.3 is 9.30 Å². The molecule has 0 saturated carbocycles. The molecule has 0 spiro atoms. The molecule has 0 aliphatic carbocycles. The molecule has 0 aliphatic rings. The van der Waals surface area contributed by atoms with E-state index in [-0.39, 0.29) is 5.41 Å². The maximum Gasteiger partial charge on any atom is 0.416 e. The Morgan fingerprint density at radius 2 is 1.86 bits per heavy atom. The minimum Gasteiger partial charge on any atom is -0.380 e. The number of nitrogens with zero attached hydrogens (tertiary/aromatic N) is 2. The van der Waals surface area contributed by atoms with Gasteiger partial charge in [0, 0.05) is 18.6 Å². The molecule has 2 rings (SSSR count). The van der Waals surface area contributed by atoms with E-state index in [0.717, 1.165) is 18.0 Å². The van der Waals surface area contributed by atoms with E-state index < -0.39 is 11.7 Å². The Kier molecular flexibility index (Phi) is 4.52. The number of benzene rings is 1. The normalized spacial score (nSPS) is 13.0. The fraction of sp³-hybridized carbons (Fsp3) is 0.562. The van der Waals surface area contributed by atoms with Gasteiger partial charge in [-0.05, 0) is 25.1 Å². The molecule has 0 bridgehead atoms. The summed E-state index contributed by atoms with van der Waals surface area (Å²) >= 11 is 0. The predicted octanol–water partition coefficient (Wildman–Crippen LogP) is 4.39. The Morgan fingerprint density at radius 3 is 2.41 bits per heavy atom. The maximum absolute atomic E-state index is 12.9. The van der Waals surface area contributed by atoms with E-state index in [1.54, 1.807) is 0 Å². The van der Waals surface area contributed by atoms with Gasteiger partial charge in [0.05, 0.1) is 23.2 Å². The van der Waals surface area contributed by atoms with Crippen molar-refractivity contribution in [1.29, 1.82) is 0 Å². The van der Waals surface area contributed by atoms with Crippen molar-refractivity contribution >= 4 is 11.0 Å². The zero-order valence-electron chi connectivity index (χ0n) is 13.3. The van der Waals surface area contributed by atoms with Crippen molar-refractivity contribution in [3.63, 3.8) is 0 Å². The van der Waals surface area contributed by atoms with Crippen LogP contribution in [0.15, 0.2) is 18.2 Å². The number of hydrogen-bond donors (Lipinski definition) is 0. The number of ether oxygens (including phenoxy) is 1. The van der Waals surface area contributed by atoms with Crippen molar-refractivity contribution in [2.75, 3.05) is 13.2 Å². The molecule has 0 saturated heterocycles. The van der Waals surface area contributed by atoms with E-state index in [2.05, 4.69) is 4.98 Å². The second-order valence-electron chi connectivity index (χ2n) is 6.24. The van der Waals surface area contributed by atoms with Crippen molar-refractivity contribution in [2.24, 2.45) is 0 Å². The second-order valence-corrected chi connectivity index (χ2v) is 6.24. The molecular weight excluding hydrogens is 293 g/mol. The smallest absolute Gasteiger partial charge is 0.380 e. The SMILES string of the molecule is CCOCCn1c(C(C)(C)C)nc2cc(C(F)(F)F)ccc21. The Morgan fingerprint density at radius 1 is 1.18 bits per heavy atom. The summed E-state index contributed by atoms with van der Waals surface area (Å²) in [5.74, 6) is 0.765. The van der Waals surface area contributed by atoms with Crippen LogP contribution in [0, 0.1) is 0 Å². The molecule has 3 nitrogen and oxygen atoms in total. The topological polar surface area (TPSA) is 27.1 Å². The van der Waals surface area contributed by atoms with Crippen molar-refractivity contribution in [1.82, 2.24) is 9.55 Å². The molecule has 0 unspecified atom stereocenters. The van der Waals surface area contributed by atoms with Gasteiger partial charge in [-0.2, -0.15) is 13.2 Å². The fourth-order valence-corrected chi connectivity index (χ4v) is 2.41. The maximum atomic E-state index is 12.9. The van der Waals surface area contributed by atoms with Gasteiger partial charge in [-0.15, -0.1) is 0 Å². The van der Waals surface area contributed by atoms with Crippen LogP contribution in [0.1, 0.15) is 39.1 Å². The Labute approximate surface area is 128 Å². The predicted molar refractivity (Wildman–Crippen MR) is 79.9 cm³/mol. The summed E-state index contributed by atoms with van der Waals surface area (Å²) in [6.45, 7) is 9.58. The van der Waals surface area contributed by atoms with Crippen LogP contribution in [-0.4, -0.2) is 22.8 Å². The standard InChI is InChI=1S/C16H21F3N2O/c1-5-22-9-8-21-13-7-6-11(16(17,18)19)10-12(13)20-14(21)15(2,3)4/h6-7,10H,5,8-9H2,1-4H3. The van der Waals surface area contributed by atoms with Crippen LogP contribution in [-0.2, 0) is 22.9 Å². The van der Waals surface area contributed by atoms with Gasteiger partial charge in [0.15, 0.2) is 0 Å². The first-order valence-corrected chi connectivity index (χ1v) is 7.30. The highest BCUT2D eigenvalue weighted by Gasteiger charge is 2.31. The summed E-state index contributed by atoms with van der Waals surface area (Å²) in [6, 6.07) is 3.71. The number of fused-ring (bicyclic) bond motifs is 1. The second kappa shape index (κ2) is 5.91. The lowest BCUT2D eigenvalue weighted by Crippen LogP contribution is -2.20. The van der Waals surface area contributed by atoms with E-state index in [9.17, 15) is 13.2 Å². The Balaban J connectivity index is 2.54. The van der Waals surface area contributed by atoms with Gasteiger partial charge in [0.1, 0.15) is 5.82 Å². The fourth-order valence-electron chi connectivity index (χ4n) is 2.41. The third kappa shape index (κ3) is 3.43. The molecule has 6 heteroatoms. The van der Waals surface area contributed by atoms with Gasteiger partial charge in [-0.3, -0.25) is 0 Å². The summed E-state index contributed by atoms with van der Waals surface area (Å²) in [5.41, 5.74) is 0.146. The Hall–Kier alpha value is -1.56. The first-order valence-electron chi connectivity index (χ1n) is 7.30. The summed E-state index contributed by atoms with van der Waals surface area (Å²) < 4.78 is 45.9. The van der Waals surface area contributed by atoms with Gasteiger partial charge >= 0.3 is 6.18 Å². The quantitative estimate of drug-likeness (QED) is 0.783. The van der Waals surface area contributed by atoms with E-state index in [1.807, 2.05) is 32.3 Å². The number of rotatable bonds is 4. The lowest BCUT2D eigenvalue weighted by atomic mass is 9.95. The number of halogens is 3. The number of alkyl halides is 3. The number of aromatic nitrogens is 2. The molecule has 122 valence electrons. The molecule has 0 radical (unpaired) electrons. The lowest BCUT2D eigenvalue weighted by Gasteiger charge is -2.20. The molecule has 2 aromatic rings. The summed E-state index contributed by atoms with van der Waals surface area (Å²) in [7, 11) is 0. The van der Waals surface area contributed by atoms with Crippen molar-refractivity contribution in [3.8, 4) is 0 Å². The molecule has 22 heavy (non-hydrogen) atoms. The van der Waals surface area contributed by atoms with Crippen LogP contribution in [0.5, 0.6) is 0 Å². The van der Waals surface area contributed by atoms with Crippen LogP contribution >= 0.6 is 0 Å².